The molecule has 1 rings (SSSR count). The van der Waals surface area contributed by atoms with Gasteiger partial charge in [-0.3, -0.25) is 0 Å². The maximum atomic E-state index is 10.3. The molecule has 1 fully saturated rings. The number of hydrogen-bond acceptors (Lipinski definition) is 2. The molecule has 12 heavy (non-hydrogen) atoms. The third-order valence-electron chi connectivity index (χ3n) is 3.25. The van der Waals surface area contributed by atoms with E-state index in [4.69, 9.17) is 5.73 Å². The fraction of sp³-hybridized carbons (Fsp3) is 1.00. The van der Waals surface area contributed by atoms with Crippen LogP contribution in [0.3, 0.4) is 0 Å². The van der Waals surface area contributed by atoms with Crippen LogP contribution >= 0.6 is 0 Å². The van der Waals surface area contributed by atoms with Crippen molar-refractivity contribution in [2.45, 2.75) is 58.1 Å². The van der Waals surface area contributed by atoms with E-state index in [0.29, 0.717) is 6.04 Å². The van der Waals surface area contributed by atoms with Crippen molar-refractivity contribution in [1.82, 2.24) is 0 Å². The minimum atomic E-state index is -0.483. The second-order valence-electron chi connectivity index (χ2n) is 5.12. The fourth-order valence-electron chi connectivity index (χ4n) is 1.87. The molecule has 1 aliphatic rings. The van der Waals surface area contributed by atoms with Crippen LogP contribution in [0.25, 0.3) is 0 Å². The molecule has 2 nitrogen and oxygen atoms in total. The average molecular weight is 171 g/mol. The standard InChI is InChI=1S/C10H21NO/c1-9(2,3)10(12)6-4-8(11)5-7-10/h8,12H,4-7,11H2,1-3H3/t8-,10-. The van der Waals surface area contributed by atoms with Crippen molar-refractivity contribution < 1.29 is 5.11 Å². The monoisotopic (exact) mass is 171 g/mol. The minimum absolute atomic E-state index is 0.00681. The summed E-state index contributed by atoms with van der Waals surface area (Å²) in [7, 11) is 0. The van der Waals surface area contributed by atoms with E-state index in [0.717, 1.165) is 25.7 Å². The van der Waals surface area contributed by atoms with Crippen LogP contribution in [0.1, 0.15) is 46.5 Å². The zero-order valence-electron chi connectivity index (χ0n) is 8.43. The van der Waals surface area contributed by atoms with E-state index in [1.54, 1.807) is 0 Å². The molecule has 0 radical (unpaired) electrons. The van der Waals surface area contributed by atoms with Gasteiger partial charge in [0.05, 0.1) is 5.60 Å². The topological polar surface area (TPSA) is 46.2 Å². The highest BCUT2D eigenvalue weighted by Gasteiger charge is 2.41. The second kappa shape index (κ2) is 3.00. The van der Waals surface area contributed by atoms with Gasteiger partial charge in [0.1, 0.15) is 0 Å². The molecule has 0 amide bonds. The van der Waals surface area contributed by atoms with Gasteiger partial charge in [-0.05, 0) is 31.1 Å². The summed E-state index contributed by atoms with van der Waals surface area (Å²) in [6.45, 7) is 6.30. The molecule has 0 spiro atoms. The third kappa shape index (κ3) is 1.80. The summed E-state index contributed by atoms with van der Waals surface area (Å²) in [5.74, 6) is 0. The predicted octanol–water partition coefficient (Wildman–Crippen LogP) is 1.66. The van der Waals surface area contributed by atoms with Crippen LogP contribution in [0.5, 0.6) is 0 Å². The maximum absolute atomic E-state index is 10.3. The molecule has 0 aromatic carbocycles. The first kappa shape index (κ1) is 10.0. The molecule has 0 saturated heterocycles. The summed E-state index contributed by atoms with van der Waals surface area (Å²) in [5.41, 5.74) is 5.30. The normalized spacial score (nSPS) is 38.2. The Morgan fingerprint density at radius 2 is 1.67 bits per heavy atom. The molecule has 0 aromatic rings. The minimum Gasteiger partial charge on any atom is -0.389 e. The lowest BCUT2D eigenvalue weighted by Crippen LogP contribution is -2.47. The fourth-order valence-corrected chi connectivity index (χ4v) is 1.87. The molecule has 0 aromatic heterocycles. The highest BCUT2D eigenvalue weighted by atomic mass is 16.3. The average Bonchev–Trinajstić information content (AvgIpc) is 1.93. The largest absolute Gasteiger partial charge is 0.389 e. The molecular weight excluding hydrogens is 150 g/mol. The summed E-state index contributed by atoms with van der Waals surface area (Å²) in [6, 6.07) is 0.313. The van der Waals surface area contributed by atoms with Gasteiger partial charge < -0.3 is 10.8 Å². The summed E-state index contributed by atoms with van der Waals surface area (Å²) >= 11 is 0. The van der Waals surface area contributed by atoms with Gasteiger partial charge >= 0.3 is 0 Å². The third-order valence-corrected chi connectivity index (χ3v) is 3.25. The van der Waals surface area contributed by atoms with Crippen LogP contribution in [-0.2, 0) is 0 Å². The lowest BCUT2D eigenvalue weighted by Gasteiger charge is -2.44. The molecule has 2 heteroatoms. The first-order valence-electron chi connectivity index (χ1n) is 4.83. The predicted molar refractivity (Wildman–Crippen MR) is 50.8 cm³/mol. The Kier molecular flexibility index (Phi) is 2.50. The van der Waals surface area contributed by atoms with E-state index in [1.165, 1.54) is 0 Å². The van der Waals surface area contributed by atoms with Gasteiger partial charge in [0, 0.05) is 6.04 Å². The van der Waals surface area contributed by atoms with Crippen molar-refractivity contribution in [2.75, 3.05) is 0 Å². The zero-order valence-corrected chi connectivity index (χ0v) is 8.43. The first-order valence-corrected chi connectivity index (χ1v) is 4.83. The molecule has 0 atom stereocenters. The van der Waals surface area contributed by atoms with Crippen LogP contribution in [0.2, 0.25) is 0 Å². The molecule has 72 valence electrons. The van der Waals surface area contributed by atoms with Gasteiger partial charge in [0.2, 0.25) is 0 Å². The van der Waals surface area contributed by atoms with E-state index in [-0.39, 0.29) is 5.41 Å². The number of rotatable bonds is 0. The van der Waals surface area contributed by atoms with Crippen LogP contribution < -0.4 is 5.73 Å². The van der Waals surface area contributed by atoms with E-state index in [1.807, 2.05) is 0 Å². The van der Waals surface area contributed by atoms with Crippen LogP contribution in [0.15, 0.2) is 0 Å². The first-order chi connectivity index (χ1) is 5.35. The lowest BCUT2D eigenvalue weighted by atomic mass is 9.67. The Balaban J connectivity index is 2.62. The van der Waals surface area contributed by atoms with Gasteiger partial charge in [0.15, 0.2) is 0 Å². The van der Waals surface area contributed by atoms with E-state index in [9.17, 15) is 5.11 Å². The Bertz CT molecular complexity index is 152. The highest BCUT2D eigenvalue weighted by Crippen LogP contribution is 2.41. The van der Waals surface area contributed by atoms with E-state index < -0.39 is 5.60 Å². The lowest BCUT2D eigenvalue weighted by molar-refractivity contribution is -0.0870. The Labute approximate surface area is 75.2 Å². The second-order valence-corrected chi connectivity index (χ2v) is 5.12. The van der Waals surface area contributed by atoms with Crippen molar-refractivity contribution in [1.29, 1.82) is 0 Å². The van der Waals surface area contributed by atoms with Gasteiger partial charge in [-0.15, -0.1) is 0 Å². The summed E-state index contributed by atoms with van der Waals surface area (Å²) in [6.07, 6.45) is 3.65. The summed E-state index contributed by atoms with van der Waals surface area (Å²) in [4.78, 5) is 0. The molecule has 1 saturated carbocycles. The van der Waals surface area contributed by atoms with Gasteiger partial charge in [-0.1, -0.05) is 20.8 Å². The van der Waals surface area contributed by atoms with Crippen LogP contribution in [0.4, 0.5) is 0 Å². The summed E-state index contributed by atoms with van der Waals surface area (Å²) < 4.78 is 0. The van der Waals surface area contributed by atoms with Crippen molar-refractivity contribution in [2.24, 2.45) is 11.1 Å². The number of hydrogen-bond donors (Lipinski definition) is 2. The molecule has 0 bridgehead atoms. The summed E-state index contributed by atoms with van der Waals surface area (Å²) in [5, 5.41) is 10.3. The van der Waals surface area contributed by atoms with Crippen molar-refractivity contribution in [3.05, 3.63) is 0 Å². The van der Waals surface area contributed by atoms with Gasteiger partial charge in [-0.25, -0.2) is 0 Å². The van der Waals surface area contributed by atoms with Gasteiger partial charge in [-0.2, -0.15) is 0 Å². The van der Waals surface area contributed by atoms with Crippen molar-refractivity contribution in [3.8, 4) is 0 Å². The van der Waals surface area contributed by atoms with Crippen LogP contribution in [0, 0.1) is 5.41 Å². The Morgan fingerprint density at radius 3 is 2.00 bits per heavy atom. The number of aliphatic hydroxyl groups is 1. The molecule has 3 N–H and O–H groups in total. The highest BCUT2D eigenvalue weighted by molar-refractivity contribution is 4.95. The Hall–Kier alpha value is -0.0800. The maximum Gasteiger partial charge on any atom is 0.0697 e. The van der Waals surface area contributed by atoms with Gasteiger partial charge in [0.25, 0.3) is 0 Å². The molecule has 0 unspecified atom stereocenters. The quantitative estimate of drug-likeness (QED) is 0.582. The molecule has 0 heterocycles. The smallest absolute Gasteiger partial charge is 0.0697 e. The molecule has 0 aliphatic heterocycles. The van der Waals surface area contributed by atoms with Crippen LogP contribution in [-0.4, -0.2) is 16.7 Å². The SMILES string of the molecule is CC(C)(C)[C@]1(O)CC[C@H](N)CC1. The zero-order chi connectivity index (χ0) is 9.41. The van der Waals surface area contributed by atoms with Crippen molar-refractivity contribution >= 4 is 0 Å². The van der Waals surface area contributed by atoms with E-state index >= 15 is 0 Å². The number of nitrogens with two attached hydrogens (primary N) is 1. The Morgan fingerprint density at radius 1 is 1.25 bits per heavy atom. The van der Waals surface area contributed by atoms with Crippen molar-refractivity contribution in [3.63, 3.8) is 0 Å². The molecule has 1 aliphatic carbocycles. The molecular formula is C10H21NO. The van der Waals surface area contributed by atoms with E-state index in [2.05, 4.69) is 20.8 Å².